The van der Waals surface area contributed by atoms with Gasteiger partial charge in [0.2, 0.25) is 0 Å². The first-order chi connectivity index (χ1) is 9.07. The van der Waals surface area contributed by atoms with E-state index < -0.39 is 15.7 Å². The number of benzene rings is 1. The molecular formula is C12H19N3O3S2. The molecule has 6 nitrogen and oxygen atoms in total. The summed E-state index contributed by atoms with van der Waals surface area (Å²) in [6, 6.07) is 6.45. The van der Waals surface area contributed by atoms with Gasteiger partial charge in [-0.3, -0.25) is 4.72 Å². The first-order valence-corrected chi connectivity index (χ1v) is 7.79. The second kappa shape index (κ2) is 6.38. The molecule has 4 N–H and O–H groups in total. The van der Waals surface area contributed by atoms with Crippen LogP contribution in [0.1, 0.15) is 20.8 Å². The molecule has 0 heterocycles. The summed E-state index contributed by atoms with van der Waals surface area (Å²) >= 11 is 4.70. The fourth-order valence-electron chi connectivity index (χ4n) is 1.36. The Bertz CT molecular complexity index is 563. The maximum Gasteiger partial charge on any atom is 0.299 e. The van der Waals surface area contributed by atoms with Crippen molar-refractivity contribution < 1.29 is 13.2 Å². The standard InChI is InChI=1S/C12H19N3O3S2/c1-12(2,3)15-20(16,17)14-9-4-6-10(7-5-9)18-8-11(13)19/h4-7,14-15H,8H2,1-3H3,(H2,13,19). The summed E-state index contributed by atoms with van der Waals surface area (Å²) in [5.74, 6) is 0.560. The fraction of sp³-hybridized carbons (Fsp3) is 0.417. The smallest absolute Gasteiger partial charge is 0.299 e. The van der Waals surface area contributed by atoms with Crippen molar-refractivity contribution >= 4 is 33.1 Å². The van der Waals surface area contributed by atoms with Crippen molar-refractivity contribution in [1.29, 1.82) is 0 Å². The van der Waals surface area contributed by atoms with Crippen molar-refractivity contribution in [3.05, 3.63) is 24.3 Å². The number of nitrogens with one attached hydrogen (secondary N) is 2. The minimum absolute atomic E-state index is 0.145. The predicted octanol–water partition coefficient (Wildman–Crippen LogP) is 1.40. The monoisotopic (exact) mass is 317 g/mol. The maximum atomic E-state index is 11.8. The number of hydrogen-bond acceptors (Lipinski definition) is 4. The van der Waals surface area contributed by atoms with Gasteiger partial charge in [-0.25, -0.2) is 0 Å². The molecule has 0 unspecified atom stereocenters. The summed E-state index contributed by atoms with van der Waals surface area (Å²) in [6.07, 6.45) is 0. The number of rotatable bonds is 6. The van der Waals surface area contributed by atoms with E-state index in [4.69, 9.17) is 22.7 Å². The molecular weight excluding hydrogens is 298 g/mol. The van der Waals surface area contributed by atoms with Crippen LogP contribution in [-0.2, 0) is 10.2 Å². The summed E-state index contributed by atoms with van der Waals surface area (Å²) < 4.78 is 33.8. The van der Waals surface area contributed by atoms with Crippen LogP contribution < -0.4 is 19.9 Å². The van der Waals surface area contributed by atoms with Crippen molar-refractivity contribution in [2.24, 2.45) is 5.73 Å². The van der Waals surface area contributed by atoms with Crippen LogP contribution in [0.5, 0.6) is 5.75 Å². The normalized spacial score (nSPS) is 11.9. The molecule has 0 aliphatic heterocycles. The number of anilines is 1. The van der Waals surface area contributed by atoms with Gasteiger partial charge < -0.3 is 10.5 Å². The molecule has 20 heavy (non-hydrogen) atoms. The van der Waals surface area contributed by atoms with Crippen molar-refractivity contribution in [2.45, 2.75) is 26.3 Å². The summed E-state index contributed by atoms with van der Waals surface area (Å²) in [6.45, 7) is 5.43. The third-order valence-corrected chi connectivity index (χ3v) is 3.43. The zero-order chi connectivity index (χ0) is 15.4. The number of thiocarbonyl (C=S) groups is 1. The van der Waals surface area contributed by atoms with Gasteiger partial charge in [-0.2, -0.15) is 13.1 Å². The first-order valence-electron chi connectivity index (χ1n) is 5.90. The average Bonchev–Trinajstić information content (AvgIpc) is 2.24. The van der Waals surface area contributed by atoms with Gasteiger partial charge in [-0.1, -0.05) is 12.2 Å². The lowest BCUT2D eigenvalue weighted by molar-refractivity contribution is 0.377. The lowest BCUT2D eigenvalue weighted by Gasteiger charge is -2.20. The molecule has 0 bridgehead atoms. The van der Waals surface area contributed by atoms with Gasteiger partial charge in [-0.05, 0) is 45.0 Å². The third-order valence-electron chi connectivity index (χ3n) is 1.93. The highest BCUT2D eigenvalue weighted by atomic mass is 32.2. The molecule has 0 fully saturated rings. The van der Waals surface area contributed by atoms with E-state index in [9.17, 15) is 8.42 Å². The van der Waals surface area contributed by atoms with Crippen molar-refractivity contribution in [2.75, 3.05) is 11.3 Å². The second-order valence-corrected chi connectivity index (χ2v) is 7.18. The molecule has 0 saturated carbocycles. The molecule has 0 atom stereocenters. The molecule has 0 aliphatic rings. The zero-order valence-electron chi connectivity index (χ0n) is 11.6. The van der Waals surface area contributed by atoms with E-state index in [1.807, 2.05) is 0 Å². The van der Waals surface area contributed by atoms with E-state index >= 15 is 0 Å². The highest BCUT2D eigenvalue weighted by Crippen LogP contribution is 2.17. The van der Waals surface area contributed by atoms with E-state index in [0.29, 0.717) is 11.4 Å². The van der Waals surface area contributed by atoms with Crippen LogP contribution in [0.15, 0.2) is 24.3 Å². The molecule has 0 amide bonds. The van der Waals surface area contributed by atoms with Crippen LogP contribution in [0.4, 0.5) is 5.69 Å². The number of hydrogen-bond donors (Lipinski definition) is 3. The van der Waals surface area contributed by atoms with Crippen molar-refractivity contribution in [3.63, 3.8) is 0 Å². The zero-order valence-corrected chi connectivity index (χ0v) is 13.3. The lowest BCUT2D eigenvalue weighted by Crippen LogP contribution is -2.43. The highest BCUT2D eigenvalue weighted by molar-refractivity contribution is 7.90. The molecule has 0 aliphatic carbocycles. The topological polar surface area (TPSA) is 93.5 Å². The van der Waals surface area contributed by atoms with Gasteiger partial charge in [0.05, 0.1) is 5.69 Å². The maximum absolute atomic E-state index is 11.8. The number of ether oxygens (including phenoxy) is 1. The second-order valence-electron chi connectivity index (χ2n) is 5.24. The molecule has 0 radical (unpaired) electrons. The molecule has 112 valence electrons. The molecule has 1 aromatic carbocycles. The molecule has 0 aromatic heterocycles. The third kappa shape index (κ3) is 6.69. The Kier molecular flexibility index (Phi) is 5.32. The van der Waals surface area contributed by atoms with E-state index in [1.165, 1.54) is 0 Å². The first kappa shape index (κ1) is 16.7. The van der Waals surface area contributed by atoms with Crippen LogP contribution >= 0.6 is 12.2 Å². The largest absolute Gasteiger partial charge is 0.487 e. The Morgan fingerprint density at radius 3 is 2.30 bits per heavy atom. The van der Waals surface area contributed by atoms with Crippen LogP contribution in [-0.4, -0.2) is 25.6 Å². The summed E-state index contributed by atoms with van der Waals surface area (Å²) in [5, 5.41) is 0. The van der Waals surface area contributed by atoms with Crippen molar-refractivity contribution in [1.82, 2.24) is 4.72 Å². The van der Waals surface area contributed by atoms with E-state index in [2.05, 4.69) is 9.44 Å². The summed E-state index contributed by atoms with van der Waals surface area (Å²) in [7, 11) is -3.61. The predicted molar refractivity (Wildman–Crippen MR) is 84.2 cm³/mol. The van der Waals surface area contributed by atoms with Gasteiger partial charge in [0.25, 0.3) is 10.2 Å². The molecule has 8 heteroatoms. The van der Waals surface area contributed by atoms with E-state index in [1.54, 1.807) is 45.0 Å². The average molecular weight is 317 g/mol. The van der Waals surface area contributed by atoms with Gasteiger partial charge in [0.1, 0.15) is 17.3 Å². The van der Waals surface area contributed by atoms with Crippen molar-refractivity contribution in [3.8, 4) is 5.75 Å². The Balaban J connectivity index is 2.68. The van der Waals surface area contributed by atoms with Crippen LogP contribution in [0, 0.1) is 0 Å². The fourth-order valence-corrected chi connectivity index (χ4v) is 2.72. The Morgan fingerprint density at radius 2 is 1.85 bits per heavy atom. The van der Waals surface area contributed by atoms with Gasteiger partial charge >= 0.3 is 0 Å². The summed E-state index contributed by atoms with van der Waals surface area (Å²) in [4.78, 5) is 0.254. The minimum Gasteiger partial charge on any atom is -0.487 e. The Morgan fingerprint density at radius 1 is 1.30 bits per heavy atom. The number of nitrogens with two attached hydrogens (primary N) is 1. The molecule has 1 rings (SSSR count). The molecule has 1 aromatic rings. The van der Waals surface area contributed by atoms with E-state index in [0.717, 1.165) is 0 Å². The van der Waals surface area contributed by atoms with Gasteiger partial charge in [0.15, 0.2) is 0 Å². The van der Waals surface area contributed by atoms with Crippen LogP contribution in [0.2, 0.25) is 0 Å². The highest BCUT2D eigenvalue weighted by Gasteiger charge is 2.19. The van der Waals surface area contributed by atoms with Gasteiger partial charge in [-0.15, -0.1) is 0 Å². The Labute approximate surface area is 124 Å². The van der Waals surface area contributed by atoms with E-state index in [-0.39, 0.29) is 11.6 Å². The molecule has 0 spiro atoms. The van der Waals surface area contributed by atoms with Crippen LogP contribution in [0.3, 0.4) is 0 Å². The van der Waals surface area contributed by atoms with Crippen LogP contribution in [0.25, 0.3) is 0 Å². The quantitative estimate of drug-likeness (QED) is 0.690. The summed E-state index contributed by atoms with van der Waals surface area (Å²) in [5.41, 5.74) is 5.20. The molecule has 0 saturated heterocycles. The lowest BCUT2D eigenvalue weighted by atomic mass is 10.1. The van der Waals surface area contributed by atoms with Gasteiger partial charge in [0, 0.05) is 5.54 Å². The minimum atomic E-state index is -3.61. The Hall–Kier alpha value is -1.38. The SMILES string of the molecule is CC(C)(C)NS(=O)(=O)Nc1ccc(OCC(N)=S)cc1.